The van der Waals surface area contributed by atoms with Crippen LogP contribution in [0.15, 0.2) is 29.2 Å². The molecule has 1 amide bonds. The monoisotopic (exact) mass is 318 g/mol. The SMILES string of the molecule is CC1CCNC1C(=O)Nc1ccc(S(=O)(=O)C(F)F)cc1. The first-order valence-electron chi connectivity index (χ1n) is 6.48. The zero-order chi connectivity index (χ0) is 15.6. The number of carbonyl (C=O) groups excluding carboxylic acids is 1. The largest absolute Gasteiger partial charge is 0.341 e. The lowest BCUT2D eigenvalue weighted by molar-refractivity contribution is -0.118. The van der Waals surface area contributed by atoms with Gasteiger partial charge in [-0.3, -0.25) is 4.79 Å². The summed E-state index contributed by atoms with van der Waals surface area (Å²) in [6.07, 6.45) is 0.906. The van der Waals surface area contributed by atoms with Crippen LogP contribution >= 0.6 is 0 Å². The van der Waals surface area contributed by atoms with Crippen molar-refractivity contribution in [3.8, 4) is 0 Å². The molecule has 0 radical (unpaired) electrons. The fourth-order valence-electron chi connectivity index (χ4n) is 2.24. The molecule has 8 heteroatoms. The molecule has 1 aliphatic heterocycles. The van der Waals surface area contributed by atoms with E-state index >= 15 is 0 Å². The molecular weight excluding hydrogens is 302 g/mol. The molecule has 1 aromatic carbocycles. The summed E-state index contributed by atoms with van der Waals surface area (Å²) in [6.45, 7) is 2.73. The molecule has 0 saturated carbocycles. The highest BCUT2D eigenvalue weighted by molar-refractivity contribution is 7.91. The number of rotatable bonds is 4. The van der Waals surface area contributed by atoms with Crippen LogP contribution in [0, 0.1) is 5.92 Å². The van der Waals surface area contributed by atoms with Crippen molar-refractivity contribution in [2.45, 2.75) is 30.0 Å². The van der Waals surface area contributed by atoms with Crippen LogP contribution in [0.5, 0.6) is 0 Å². The van der Waals surface area contributed by atoms with Gasteiger partial charge in [-0.2, -0.15) is 8.78 Å². The van der Waals surface area contributed by atoms with Crippen LogP contribution in [-0.2, 0) is 14.6 Å². The molecule has 2 rings (SSSR count). The Bertz CT molecular complexity index is 617. The van der Waals surface area contributed by atoms with Gasteiger partial charge in [-0.25, -0.2) is 8.42 Å². The third-order valence-electron chi connectivity index (χ3n) is 3.50. The van der Waals surface area contributed by atoms with Crippen molar-refractivity contribution in [2.24, 2.45) is 5.92 Å². The van der Waals surface area contributed by atoms with Gasteiger partial charge in [-0.15, -0.1) is 0 Å². The first-order chi connectivity index (χ1) is 9.82. The Morgan fingerprint density at radius 1 is 1.33 bits per heavy atom. The molecule has 1 heterocycles. The predicted molar refractivity (Wildman–Crippen MR) is 73.8 cm³/mol. The Kier molecular flexibility index (Phi) is 4.58. The molecule has 1 saturated heterocycles. The molecule has 2 atom stereocenters. The van der Waals surface area contributed by atoms with E-state index in [4.69, 9.17) is 0 Å². The summed E-state index contributed by atoms with van der Waals surface area (Å²) >= 11 is 0. The lowest BCUT2D eigenvalue weighted by atomic mass is 10.0. The average Bonchev–Trinajstić information content (AvgIpc) is 2.85. The quantitative estimate of drug-likeness (QED) is 0.884. The van der Waals surface area contributed by atoms with Crippen LogP contribution in [-0.4, -0.2) is 32.7 Å². The van der Waals surface area contributed by atoms with E-state index in [-0.39, 0.29) is 17.9 Å². The van der Waals surface area contributed by atoms with Crippen LogP contribution in [0.4, 0.5) is 14.5 Å². The van der Waals surface area contributed by atoms with Gasteiger partial charge in [0.05, 0.1) is 10.9 Å². The molecular formula is C13H16F2N2O3S. The predicted octanol–water partition coefficient (Wildman–Crippen LogP) is 1.62. The second-order valence-electron chi connectivity index (χ2n) is 5.02. The summed E-state index contributed by atoms with van der Waals surface area (Å²) in [5, 5.41) is 5.71. The van der Waals surface area contributed by atoms with Crippen molar-refractivity contribution in [1.82, 2.24) is 5.32 Å². The second kappa shape index (κ2) is 6.07. The standard InChI is InChI=1S/C13H16F2N2O3S/c1-8-6-7-16-11(8)12(18)17-9-2-4-10(5-3-9)21(19,20)13(14)15/h2-5,8,11,13,16H,6-7H2,1H3,(H,17,18). The van der Waals surface area contributed by atoms with Gasteiger partial charge in [0.1, 0.15) is 0 Å². The van der Waals surface area contributed by atoms with Crippen molar-refractivity contribution < 1.29 is 22.0 Å². The van der Waals surface area contributed by atoms with E-state index in [2.05, 4.69) is 10.6 Å². The van der Waals surface area contributed by atoms with E-state index in [0.29, 0.717) is 5.69 Å². The van der Waals surface area contributed by atoms with Crippen molar-refractivity contribution >= 4 is 21.4 Å². The Morgan fingerprint density at radius 2 is 1.95 bits per heavy atom. The fourth-order valence-corrected chi connectivity index (χ4v) is 2.96. The van der Waals surface area contributed by atoms with Crippen LogP contribution in [0.2, 0.25) is 0 Å². The van der Waals surface area contributed by atoms with E-state index in [9.17, 15) is 22.0 Å². The van der Waals surface area contributed by atoms with Gasteiger partial charge in [-0.05, 0) is 43.1 Å². The Labute approximate surface area is 121 Å². The van der Waals surface area contributed by atoms with Crippen LogP contribution in [0.25, 0.3) is 0 Å². The zero-order valence-electron chi connectivity index (χ0n) is 11.3. The maximum atomic E-state index is 12.4. The minimum Gasteiger partial charge on any atom is -0.325 e. The van der Waals surface area contributed by atoms with E-state index < -0.39 is 20.5 Å². The highest BCUT2D eigenvalue weighted by Gasteiger charge is 2.29. The lowest BCUT2D eigenvalue weighted by Crippen LogP contribution is -2.39. The second-order valence-corrected chi connectivity index (χ2v) is 6.93. The number of halogens is 2. The molecule has 21 heavy (non-hydrogen) atoms. The number of sulfone groups is 1. The highest BCUT2D eigenvalue weighted by atomic mass is 32.2. The van der Waals surface area contributed by atoms with E-state index in [1.807, 2.05) is 6.92 Å². The number of hydrogen-bond acceptors (Lipinski definition) is 4. The number of nitrogens with one attached hydrogen (secondary N) is 2. The molecule has 2 unspecified atom stereocenters. The number of alkyl halides is 2. The van der Waals surface area contributed by atoms with Gasteiger partial charge < -0.3 is 10.6 Å². The van der Waals surface area contributed by atoms with Crippen molar-refractivity contribution in [2.75, 3.05) is 11.9 Å². The Hall–Kier alpha value is -1.54. The van der Waals surface area contributed by atoms with Crippen LogP contribution in [0.1, 0.15) is 13.3 Å². The molecule has 2 N–H and O–H groups in total. The van der Waals surface area contributed by atoms with Gasteiger partial charge >= 0.3 is 5.76 Å². The number of carbonyl (C=O) groups is 1. The summed E-state index contributed by atoms with van der Waals surface area (Å²) in [7, 11) is -4.60. The molecule has 0 aliphatic carbocycles. The Balaban J connectivity index is 2.08. The topological polar surface area (TPSA) is 75.3 Å². The Morgan fingerprint density at radius 3 is 2.43 bits per heavy atom. The first-order valence-corrected chi connectivity index (χ1v) is 8.03. The van der Waals surface area contributed by atoms with E-state index in [1.54, 1.807) is 0 Å². The smallest absolute Gasteiger partial charge is 0.325 e. The van der Waals surface area contributed by atoms with Gasteiger partial charge in [0.25, 0.3) is 0 Å². The summed E-state index contributed by atoms with van der Waals surface area (Å²) in [5.74, 6) is -3.46. The molecule has 1 aliphatic rings. The number of amides is 1. The maximum Gasteiger partial charge on any atom is 0.341 e. The molecule has 0 spiro atoms. The van der Waals surface area contributed by atoms with E-state index in [1.165, 1.54) is 12.1 Å². The van der Waals surface area contributed by atoms with E-state index in [0.717, 1.165) is 25.1 Å². The van der Waals surface area contributed by atoms with Gasteiger partial charge in [0.15, 0.2) is 0 Å². The molecule has 1 aromatic rings. The van der Waals surface area contributed by atoms with Crippen molar-refractivity contribution in [3.63, 3.8) is 0 Å². The summed E-state index contributed by atoms with van der Waals surface area (Å²) in [6, 6.07) is 4.42. The van der Waals surface area contributed by atoms with Crippen LogP contribution in [0.3, 0.4) is 0 Å². The minimum absolute atomic E-state index is 0.212. The fraction of sp³-hybridized carbons (Fsp3) is 0.462. The molecule has 1 fully saturated rings. The third-order valence-corrected chi connectivity index (χ3v) is 4.90. The normalized spacial score (nSPS) is 22.5. The lowest BCUT2D eigenvalue weighted by Gasteiger charge is -2.15. The molecule has 5 nitrogen and oxygen atoms in total. The molecule has 0 aromatic heterocycles. The number of hydrogen-bond donors (Lipinski definition) is 2. The van der Waals surface area contributed by atoms with Crippen molar-refractivity contribution in [1.29, 1.82) is 0 Å². The third kappa shape index (κ3) is 3.38. The average molecular weight is 318 g/mol. The van der Waals surface area contributed by atoms with Gasteiger partial charge in [-0.1, -0.05) is 6.92 Å². The summed E-state index contributed by atoms with van der Waals surface area (Å²) in [5.41, 5.74) is 0.370. The van der Waals surface area contributed by atoms with Crippen molar-refractivity contribution in [3.05, 3.63) is 24.3 Å². The summed E-state index contributed by atoms with van der Waals surface area (Å²) < 4.78 is 47.3. The first kappa shape index (κ1) is 15.8. The van der Waals surface area contributed by atoms with Gasteiger partial charge in [0, 0.05) is 5.69 Å². The number of benzene rings is 1. The van der Waals surface area contributed by atoms with Gasteiger partial charge in [0.2, 0.25) is 15.7 Å². The zero-order valence-corrected chi connectivity index (χ0v) is 12.2. The van der Waals surface area contributed by atoms with Crippen LogP contribution < -0.4 is 10.6 Å². The molecule has 0 bridgehead atoms. The molecule has 116 valence electrons. The minimum atomic E-state index is -4.60. The summed E-state index contributed by atoms with van der Waals surface area (Å²) in [4.78, 5) is 11.5. The highest BCUT2D eigenvalue weighted by Crippen LogP contribution is 2.21. The maximum absolute atomic E-state index is 12.4. The number of anilines is 1.